The molecule has 13 heavy (non-hydrogen) atoms. The molecule has 2 N–H and O–H groups in total. The van der Waals surface area contributed by atoms with Gasteiger partial charge in [-0.15, -0.1) is 0 Å². The zero-order chi connectivity index (χ0) is 9.84. The van der Waals surface area contributed by atoms with Crippen LogP contribution in [-0.4, -0.2) is 12.6 Å². The summed E-state index contributed by atoms with van der Waals surface area (Å²) in [4.78, 5) is 0. The van der Waals surface area contributed by atoms with Crippen LogP contribution in [0.5, 0.6) is 5.75 Å². The largest absolute Gasteiger partial charge is 0.492 e. The lowest BCUT2D eigenvalue weighted by Crippen LogP contribution is -2.23. The van der Waals surface area contributed by atoms with Gasteiger partial charge < -0.3 is 10.5 Å². The second-order valence-electron chi connectivity index (χ2n) is 3.20. The smallest absolute Gasteiger partial charge is 0.126 e. The van der Waals surface area contributed by atoms with Crippen molar-refractivity contribution in [2.45, 2.75) is 19.9 Å². The zero-order valence-electron chi connectivity index (χ0n) is 7.88. The van der Waals surface area contributed by atoms with E-state index >= 15 is 0 Å². The van der Waals surface area contributed by atoms with Gasteiger partial charge in [0.2, 0.25) is 0 Å². The number of ether oxygens (including phenoxy) is 1. The summed E-state index contributed by atoms with van der Waals surface area (Å²) in [5, 5.41) is 0. The molecule has 0 saturated carbocycles. The molecule has 0 spiro atoms. The fourth-order valence-corrected chi connectivity index (χ4v) is 0.935. The molecule has 0 saturated heterocycles. The molecule has 0 radical (unpaired) electrons. The molecule has 1 aromatic carbocycles. The summed E-state index contributed by atoms with van der Waals surface area (Å²) in [6.07, 6.45) is 0. The topological polar surface area (TPSA) is 35.2 Å². The third-order valence-corrected chi connectivity index (χ3v) is 1.64. The van der Waals surface area contributed by atoms with E-state index in [2.05, 4.69) is 0 Å². The average Bonchev–Trinajstić information content (AvgIpc) is 2.07. The van der Waals surface area contributed by atoms with Crippen molar-refractivity contribution in [3.05, 3.63) is 29.6 Å². The van der Waals surface area contributed by atoms with Gasteiger partial charge >= 0.3 is 0 Å². The van der Waals surface area contributed by atoms with Gasteiger partial charge in [0, 0.05) is 6.04 Å². The van der Waals surface area contributed by atoms with Crippen molar-refractivity contribution in [3.8, 4) is 5.75 Å². The Hall–Kier alpha value is -1.09. The van der Waals surface area contributed by atoms with Crippen molar-refractivity contribution < 1.29 is 9.13 Å². The second-order valence-corrected chi connectivity index (χ2v) is 3.20. The monoisotopic (exact) mass is 183 g/mol. The number of benzene rings is 1. The van der Waals surface area contributed by atoms with E-state index in [1.807, 2.05) is 6.92 Å². The molecule has 2 nitrogen and oxygen atoms in total. The molecule has 0 aliphatic rings. The van der Waals surface area contributed by atoms with E-state index < -0.39 is 0 Å². The van der Waals surface area contributed by atoms with Gasteiger partial charge in [0.05, 0.1) is 0 Å². The maximum absolute atomic E-state index is 12.8. The van der Waals surface area contributed by atoms with Crippen LogP contribution < -0.4 is 10.5 Å². The van der Waals surface area contributed by atoms with Gasteiger partial charge in [-0.05, 0) is 37.6 Å². The van der Waals surface area contributed by atoms with E-state index in [0.29, 0.717) is 17.9 Å². The molecule has 0 fully saturated rings. The molecule has 1 aromatic rings. The summed E-state index contributed by atoms with van der Waals surface area (Å²) in [6, 6.07) is 4.65. The molecule has 0 aliphatic carbocycles. The van der Waals surface area contributed by atoms with Crippen LogP contribution in [0.2, 0.25) is 0 Å². The Morgan fingerprint density at radius 2 is 2.23 bits per heavy atom. The SMILES string of the molecule is Cc1cc(OC[C@H](C)N)ccc1F. The highest BCUT2D eigenvalue weighted by atomic mass is 19.1. The summed E-state index contributed by atoms with van der Waals surface area (Å²) in [5.41, 5.74) is 6.09. The lowest BCUT2D eigenvalue weighted by Gasteiger charge is -2.09. The van der Waals surface area contributed by atoms with Crippen LogP contribution in [0.4, 0.5) is 4.39 Å². The molecular formula is C10H14FNO. The molecule has 0 bridgehead atoms. The Bertz CT molecular complexity index is 286. The molecule has 0 aromatic heterocycles. The van der Waals surface area contributed by atoms with Crippen LogP contribution in [0, 0.1) is 12.7 Å². The fraction of sp³-hybridized carbons (Fsp3) is 0.400. The van der Waals surface area contributed by atoms with Crippen molar-refractivity contribution in [2.24, 2.45) is 5.73 Å². The van der Waals surface area contributed by atoms with Gasteiger partial charge in [0.1, 0.15) is 18.2 Å². The Balaban J connectivity index is 2.63. The second kappa shape index (κ2) is 4.23. The minimum Gasteiger partial charge on any atom is -0.492 e. The van der Waals surface area contributed by atoms with Crippen LogP contribution in [0.15, 0.2) is 18.2 Å². The van der Waals surface area contributed by atoms with Gasteiger partial charge in [-0.1, -0.05) is 0 Å². The first kappa shape index (κ1) is 9.99. The third-order valence-electron chi connectivity index (χ3n) is 1.64. The van der Waals surface area contributed by atoms with Crippen LogP contribution in [0.25, 0.3) is 0 Å². The summed E-state index contributed by atoms with van der Waals surface area (Å²) >= 11 is 0. The number of aryl methyl sites for hydroxylation is 1. The van der Waals surface area contributed by atoms with E-state index in [1.54, 1.807) is 19.1 Å². The van der Waals surface area contributed by atoms with E-state index in [0.717, 1.165) is 0 Å². The highest BCUT2D eigenvalue weighted by Crippen LogP contribution is 2.15. The molecule has 1 rings (SSSR count). The van der Waals surface area contributed by atoms with Crippen LogP contribution >= 0.6 is 0 Å². The molecule has 3 heteroatoms. The molecule has 1 atom stereocenters. The number of nitrogens with two attached hydrogens (primary N) is 1. The first-order valence-electron chi connectivity index (χ1n) is 4.24. The van der Waals surface area contributed by atoms with Gasteiger partial charge in [-0.2, -0.15) is 0 Å². The van der Waals surface area contributed by atoms with Crippen molar-refractivity contribution in [3.63, 3.8) is 0 Å². The molecule has 0 unspecified atom stereocenters. The summed E-state index contributed by atoms with van der Waals surface area (Å²) in [6.45, 7) is 4.01. The van der Waals surface area contributed by atoms with Crippen molar-refractivity contribution in [1.29, 1.82) is 0 Å². The molecule has 0 amide bonds. The minimum atomic E-state index is -0.215. The Kier molecular flexibility index (Phi) is 3.25. The predicted octanol–water partition coefficient (Wildman–Crippen LogP) is 1.86. The zero-order valence-corrected chi connectivity index (χ0v) is 7.88. The Morgan fingerprint density at radius 3 is 2.77 bits per heavy atom. The Labute approximate surface area is 77.5 Å². The van der Waals surface area contributed by atoms with Crippen LogP contribution in [-0.2, 0) is 0 Å². The third kappa shape index (κ3) is 3.03. The van der Waals surface area contributed by atoms with E-state index in [1.165, 1.54) is 6.07 Å². The van der Waals surface area contributed by atoms with Crippen molar-refractivity contribution >= 4 is 0 Å². The van der Waals surface area contributed by atoms with Crippen LogP contribution in [0.1, 0.15) is 12.5 Å². The number of hydrogen-bond acceptors (Lipinski definition) is 2. The summed E-state index contributed by atoms with van der Waals surface area (Å²) < 4.78 is 18.1. The standard InChI is InChI=1S/C10H14FNO/c1-7-5-9(3-4-10(7)11)13-6-8(2)12/h3-5,8H,6,12H2,1-2H3/t8-/m0/s1. The maximum Gasteiger partial charge on any atom is 0.126 e. The van der Waals surface area contributed by atoms with E-state index in [-0.39, 0.29) is 11.9 Å². The first-order chi connectivity index (χ1) is 6.09. The average molecular weight is 183 g/mol. The minimum absolute atomic E-state index is 0.00893. The number of hydrogen-bond donors (Lipinski definition) is 1. The molecule has 0 aliphatic heterocycles. The number of halogens is 1. The lowest BCUT2D eigenvalue weighted by molar-refractivity contribution is 0.295. The molecule has 72 valence electrons. The van der Waals surface area contributed by atoms with Gasteiger partial charge in [0.15, 0.2) is 0 Å². The quantitative estimate of drug-likeness (QED) is 0.776. The highest BCUT2D eigenvalue weighted by molar-refractivity contribution is 5.28. The van der Waals surface area contributed by atoms with Gasteiger partial charge in [-0.3, -0.25) is 0 Å². The van der Waals surface area contributed by atoms with E-state index in [9.17, 15) is 4.39 Å². The molecular weight excluding hydrogens is 169 g/mol. The summed E-state index contributed by atoms with van der Waals surface area (Å²) in [7, 11) is 0. The Morgan fingerprint density at radius 1 is 1.54 bits per heavy atom. The van der Waals surface area contributed by atoms with Crippen molar-refractivity contribution in [1.82, 2.24) is 0 Å². The summed E-state index contributed by atoms with van der Waals surface area (Å²) in [5.74, 6) is 0.448. The fourth-order valence-electron chi connectivity index (χ4n) is 0.935. The molecule has 0 heterocycles. The van der Waals surface area contributed by atoms with Gasteiger partial charge in [0.25, 0.3) is 0 Å². The van der Waals surface area contributed by atoms with Gasteiger partial charge in [-0.25, -0.2) is 4.39 Å². The lowest BCUT2D eigenvalue weighted by atomic mass is 10.2. The van der Waals surface area contributed by atoms with Crippen LogP contribution in [0.3, 0.4) is 0 Å². The first-order valence-corrected chi connectivity index (χ1v) is 4.24. The van der Waals surface area contributed by atoms with E-state index in [4.69, 9.17) is 10.5 Å². The normalized spacial score (nSPS) is 12.6. The maximum atomic E-state index is 12.8. The van der Waals surface area contributed by atoms with Crippen molar-refractivity contribution in [2.75, 3.05) is 6.61 Å². The predicted molar refractivity (Wildman–Crippen MR) is 50.3 cm³/mol. The number of rotatable bonds is 3. The highest BCUT2D eigenvalue weighted by Gasteiger charge is 2.00.